The highest BCUT2D eigenvalue weighted by Crippen LogP contribution is 2.15. The van der Waals surface area contributed by atoms with E-state index < -0.39 is 33.2 Å². The average molecular weight is 389 g/mol. The monoisotopic (exact) mass is 389 g/mol. The molecule has 4 N–H and O–H groups in total. The number of carboxylic acid groups (broad SMARTS) is 1. The maximum atomic E-state index is 12.6. The molecule has 1 atom stereocenters. The first-order valence-electron chi connectivity index (χ1n) is 7.82. The summed E-state index contributed by atoms with van der Waals surface area (Å²) in [5, 5.41) is 9.37. The van der Waals surface area contributed by atoms with Crippen molar-refractivity contribution in [2.24, 2.45) is 0 Å². The molecule has 0 fully saturated rings. The van der Waals surface area contributed by atoms with E-state index in [2.05, 4.69) is 14.7 Å². The zero-order valence-corrected chi connectivity index (χ0v) is 14.6. The highest BCUT2D eigenvalue weighted by Gasteiger charge is 2.26. The van der Waals surface area contributed by atoms with Gasteiger partial charge in [-0.1, -0.05) is 30.3 Å². The lowest BCUT2D eigenvalue weighted by molar-refractivity contribution is -0.138. The number of carboxylic acids is 1. The van der Waals surface area contributed by atoms with Gasteiger partial charge in [0.1, 0.15) is 6.04 Å². The summed E-state index contributed by atoms with van der Waals surface area (Å²) in [5.74, 6) is -1.32. The number of sulfonamides is 1. The normalized spacial score (nSPS) is 12.7. The Kier molecular flexibility index (Phi) is 4.93. The van der Waals surface area contributed by atoms with Crippen molar-refractivity contribution in [1.29, 1.82) is 0 Å². The molecule has 0 aliphatic heterocycles. The van der Waals surface area contributed by atoms with E-state index in [1.165, 1.54) is 12.1 Å². The number of hydrogen-bond acceptors (Lipinski definition) is 5. The molecule has 0 bridgehead atoms. The molecule has 1 aromatic heterocycles. The van der Waals surface area contributed by atoms with E-state index in [-0.39, 0.29) is 22.3 Å². The molecule has 0 saturated heterocycles. The first kappa shape index (κ1) is 18.5. The minimum Gasteiger partial charge on any atom is -0.480 e. The van der Waals surface area contributed by atoms with Gasteiger partial charge in [-0.05, 0) is 30.2 Å². The second kappa shape index (κ2) is 7.17. The van der Waals surface area contributed by atoms with E-state index >= 15 is 0 Å². The van der Waals surface area contributed by atoms with E-state index in [1.54, 1.807) is 30.3 Å². The topological polar surface area (TPSA) is 149 Å². The molecule has 140 valence electrons. The van der Waals surface area contributed by atoms with Gasteiger partial charge in [-0.25, -0.2) is 8.42 Å². The van der Waals surface area contributed by atoms with Gasteiger partial charge in [-0.2, -0.15) is 4.72 Å². The number of nitrogens with one attached hydrogen (secondary N) is 3. The zero-order chi connectivity index (χ0) is 19.6. The smallest absolute Gasteiger partial charge is 0.322 e. The van der Waals surface area contributed by atoms with Crippen LogP contribution in [0.25, 0.3) is 11.0 Å². The van der Waals surface area contributed by atoms with Crippen LogP contribution in [0.15, 0.2) is 63.0 Å². The predicted octanol–water partition coefficient (Wildman–Crippen LogP) is 0.191. The third kappa shape index (κ3) is 4.13. The lowest BCUT2D eigenvalue weighted by Gasteiger charge is -2.15. The lowest BCUT2D eigenvalue weighted by Crippen LogP contribution is -2.42. The first-order valence-corrected chi connectivity index (χ1v) is 9.30. The summed E-state index contributed by atoms with van der Waals surface area (Å²) in [4.78, 5) is 38.6. The van der Waals surface area contributed by atoms with Crippen molar-refractivity contribution in [1.82, 2.24) is 14.7 Å². The quantitative estimate of drug-likeness (QED) is 0.442. The van der Waals surface area contributed by atoms with Crippen LogP contribution in [-0.2, 0) is 21.2 Å². The number of aromatic nitrogens is 2. The lowest BCUT2D eigenvalue weighted by atomic mass is 10.1. The van der Waals surface area contributed by atoms with Crippen LogP contribution in [0.4, 0.5) is 0 Å². The zero-order valence-electron chi connectivity index (χ0n) is 13.8. The summed E-state index contributed by atoms with van der Waals surface area (Å²) >= 11 is 0. The van der Waals surface area contributed by atoms with Crippen molar-refractivity contribution in [2.75, 3.05) is 0 Å². The number of aliphatic carboxylic acids is 1. The Hall–Kier alpha value is -3.24. The molecule has 27 heavy (non-hydrogen) atoms. The van der Waals surface area contributed by atoms with E-state index in [0.29, 0.717) is 5.56 Å². The summed E-state index contributed by atoms with van der Waals surface area (Å²) in [6.45, 7) is 0. The molecular weight excluding hydrogens is 374 g/mol. The Morgan fingerprint density at radius 2 is 1.63 bits per heavy atom. The van der Waals surface area contributed by atoms with Gasteiger partial charge in [0.25, 0.3) is 0 Å². The predicted molar refractivity (Wildman–Crippen MR) is 97.1 cm³/mol. The maximum absolute atomic E-state index is 12.6. The number of fused-ring (bicyclic) bond motifs is 1. The molecule has 0 amide bonds. The number of hydrogen-bond donors (Lipinski definition) is 4. The van der Waals surface area contributed by atoms with Gasteiger partial charge in [0.05, 0.1) is 15.9 Å². The third-order valence-electron chi connectivity index (χ3n) is 3.88. The molecule has 9 nitrogen and oxygen atoms in total. The molecule has 0 saturated carbocycles. The first-order chi connectivity index (χ1) is 12.8. The van der Waals surface area contributed by atoms with Gasteiger partial charge >= 0.3 is 17.1 Å². The summed E-state index contributed by atoms with van der Waals surface area (Å²) in [7, 11) is -4.18. The number of aromatic amines is 2. The van der Waals surface area contributed by atoms with Crippen LogP contribution in [0.5, 0.6) is 0 Å². The fourth-order valence-electron chi connectivity index (χ4n) is 2.55. The Balaban J connectivity index is 1.93. The molecule has 10 heteroatoms. The summed E-state index contributed by atoms with van der Waals surface area (Å²) in [5.41, 5.74) is -0.759. The summed E-state index contributed by atoms with van der Waals surface area (Å²) < 4.78 is 27.3. The van der Waals surface area contributed by atoms with Gasteiger partial charge in [0.2, 0.25) is 10.0 Å². The minimum atomic E-state index is -4.18. The van der Waals surface area contributed by atoms with E-state index in [9.17, 15) is 27.9 Å². The van der Waals surface area contributed by atoms with Crippen LogP contribution >= 0.6 is 0 Å². The second-order valence-electron chi connectivity index (χ2n) is 5.82. The summed E-state index contributed by atoms with van der Waals surface area (Å²) in [6, 6.07) is 10.9. The standard InChI is InChI=1S/C17H15N3O6S/c21-15-16(22)19-13-9-11(6-7-12(13)18-15)27(25,26)20-14(17(23)24)8-10-4-2-1-3-5-10/h1-7,9,14,20H,8H2,(H,18,21)(H,19,22)(H,23,24). The van der Waals surface area contributed by atoms with Crippen LogP contribution in [-0.4, -0.2) is 35.5 Å². The SMILES string of the molecule is O=C(O)C(Cc1ccccc1)NS(=O)(=O)c1ccc2[nH]c(=O)c(=O)[nH]c2c1. The van der Waals surface area contributed by atoms with Gasteiger partial charge in [0.15, 0.2) is 0 Å². The Morgan fingerprint density at radius 3 is 2.26 bits per heavy atom. The molecule has 0 aliphatic carbocycles. The van der Waals surface area contributed by atoms with Crippen LogP contribution < -0.4 is 15.8 Å². The van der Waals surface area contributed by atoms with Gasteiger partial charge in [-0.15, -0.1) is 0 Å². The van der Waals surface area contributed by atoms with Crippen molar-refractivity contribution in [3.05, 3.63) is 74.8 Å². The Bertz CT molecular complexity index is 1210. The van der Waals surface area contributed by atoms with Crippen LogP contribution in [0, 0.1) is 0 Å². The highest BCUT2D eigenvalue weighted by atomic mass is 32.2. The second-order valence-corrected chi connectivity index (χ2v) is 7.53. The molecule has 1 heterocycles. The van der Waals surface area contributed by atoms with Crippen LogP contribution in [0.3, 0.4) is 0 Å². The van der Waals surface area contributed by atoms with Gasteiger partial charge in [-0.3, -0.25) is 14.4 Å². The van der Waals surface area contributed by atoms with Crippen molar-refractivity contribution < 1.29 is 18.3 Å². The molecule has 0 aliphatic rings. The van der Waals surface area contributed by atoms with Crippen molar-refractivity contribution >= 4 is 27.0 Å². The fraction of sp³-hybridized carbons (Fsp3) is 0.118. The molecule has 2 aromatic carbocycles. The Labute approximate surface area is 152 Å². The fourth-order valence-corrected chi connectivity index (χ4v) is 3.76. The largest absolute Gasteiger partial charge is 0.480 e. The van der Waals surface area contributed by atoms with E-state index in [0.717, 1.165) is 6.07 Å². The van der Waals surface area contributed by atoms with Crippen LogP contribution in [0.1, 0.15) is 5.56 Å². The van der Waals surface area contributed by atoms with Crippen molar-refractivity contribution in [2.45, 2.75) is 17.4 Å². The molecular formula is C17H15N3O6S. The van der Waals surface area contributed by atoms with Crippen LogP contribution in [0.2, 0.25) is 0 Å². The van der Waals surface area contributed by atoms with E-state index in [4.69, 9.17) is 0 Å². The highest BCUT2D eigenvalue weighted by molar-refractivity contribution is 7.89. The van der Waals surface area contributed by atoms with E-state index in [1.807, 2.05) is 0 Å². The van der Waals surface area contributed by atoms with Crippen molar-refractivity contribution in [3.8, 4) is 0 Å². The Morgan fingerprint density at radius 1 is 1.00 bits per heavy atom. The van der Waals surface area contributed by atoms with Crippen molar-refractivity contribution in [3.63, 3.8) is 0 Å². The molecule has 3 aromatic rings. The molecule has 1 unspecified atom stereocenters. The number of carbonyl (C=O) groups is 1. The number of benzene rings is 2. The molecule has 0 spiro atoms. The maximum Gasteiger partial charge on any atom is 0.322 e. The van der Waals surface area contributed by atoms with Gasteiger partial charge < -0.3 is 15.1 Å². The molecule has 3 rings (SSSR count). The minimum absolute atomic E-state index is 0.0346. The summed E-state index contributed by atoms with van der Waals surface area (Å²) in [6.07, 6.45) is -0.0346. The average Bonchev–Trinajstić information content (AvgIpc) is 2.62. The van der Waals surface area contributed by atoms with Gasteiger partial charge in [0, 0.05) is 0 Å². The number of H-pyrrole nitrogens is 2. The number of rotatable bonds is 6. The third-order valence-corrected chi connectivity index (χ3v) is 5.35. The molecule has 0 radical (unpaired) electrons.